The van der Waals surface area contributed by atoms with Crippen molar-refractivity contribution < 1.29 is 19.1 Å². The summed E-state index contributed by atoms with van der Waals surface area (Å²) < 4.78 is 9.27. The molecule has 0 amide bonds. The second-order valence-corrected chi connectivity index (χ2v) is 11.2. The Bertz CT molecular complexity index is 366. The van der Waals surface area contributed by atoms with E-state index in [4.69, 9.17) is 9.47 Å². The second kappa shape index (κ2) is 10.6. The van der Waals surface area contributed by atoms with Crippen LogP contribution in [0.2, 0.25) is 0 Å². The van der Waals surface area contributed by atoms with E-state index in [0.717, 1.165) is 12.8 Å². The van der Waals surface area contributed by atoms with Gasteiger partial charge in [0, 0.05) is 0 Å². The maximum absolute atomic E-state index is 12.2. The average molecular weight is 379 g/mol. The molecule has 6 heteroatoms. The van der Waals surface area contributed by atoms with Gasteiger partial charge in [-0.3, -0.25) is 9.59 Å². The van der Waals surface area contributed by atoms with Crippen molar-refractivity contribution in [2.24, 2.45) is 11.8 Å². The Balaban J connectivity index is 4.39. The smallest absolute Gasteiger partial charge is 0.322 e. The fourth-order valence-corrected chi connectivity index (χ4v) is 3.73. The summed E-state index contributed by atoms with van der Waals surface area (Å²) in [5, 5.41) is 0. The molecule has 0 rings (SSSR count). The van der Waals surface area contributed by atoms with Crippen molar-refractivity contribution in [3.05, 3.63) is 0 Å². The van der Waals surface area contributed by atoms with Crippen LogP contribution in [-0.2, 0) is 19.1 Å². The minimum Gasteiger partial charge on any atom is -0.465 e. The van der Waals surface area contributed by atoms with Crippen LogP contribution in [0.1, 0.15) is 68.2 Å². The molecule has 0 aliphatic carbocycles. The molecule has 0 aliphatic heterocycles. The van der Waals surface area contributed by atoms with Crippen molar-refractivity contribution in [3.8, 4) is 0 Å². The average Bonchev–Trinajstić information content (AvgIpc) is 2.44. The molecule has 0 heterocycles. The Kier molecular flexibility index (Phi) is 10.4. The predicted molar refractivity (Wildman–Crippen MR) is 104 cm³/mol. The van der Waals surface area contributed by atoms with Gasteiger partial charge in [-0.1, -0.05) is 49.3 Å². The van der Waals surface area contributed by atoms with Crippen molar-refractivity contribution in [2.45, 2.75) is 77.7 Å². The van der Waals surface area contributed by atoms with Crippen LogP contribution in [0.5, 0.6) is 0 Å². The number of hydrogen-bond donors (Lipinski definition) is 0. The van der Waals surface area contributed by atoms with Crippen LogP contribution in [-0.4, -0.2) is 34.6 Å². The standard InChI is InChI=1S/C18H34O4S2/c1-13(2)9-11-21-15(19)17(5,6)23-24-18(7,8)16(20)22-12-10-14(3)4/h13-14H,9-12H2,1-8H3. The molecule has 0 radical (unpaired) electrons. The van der Waals surface area contributed by atoms with Gasteiger partial charge in [-0.15, -0.1) is 0 Å². The van der Waals surface area contributed by atoms with Gasteiger partial charge >= 0.3 is 11.9 Å². The lowest BCUT2D eigenvalue weighted by molar-refractivity contribution is -0.146. The Hall–Kier alpha value is -0.360. The zero-order valence-electron chi connectivity index (χ0n) is 16.4. The van der Waals surface area contributed by atoms with E-state index >= 15 is 0 Å². The first-order valence-electron chi connectivity index (χ1n) is 8.59. The van der Waals surface area contributed by atoms with Crippen molar-refractivity contribution >= 4 is 33.5 Å². The van der Waals surface area contributed by atoms with Gasteiger partial charge in [0.15, 0.2) is 0 Å². The number of hydrogen-bond acceptors (Lipinski definition) is 6. The highest BCUT2D eigenvalue weighted by Gasteiger charge is 2.37. The predicted octanol–water partition coefficient (Wildman–Crippen LogP) is 5.10. The van der Waals surface area contributed by atoms with Crippen molar-refractivity contribution in [2.75, 3.05) is 13.2 Å². The van der Waals surface area contributed by atoms with Crippen LogP contribution >= 0.6 is 21.6 Å². The van der Waals surface area contributed by atoms with Crippen LogP contribution in [0.4, 0.5) is 0 Å². The summed E-state index contributed by atoms with van der Waals surface area (Å²) in [6.07, 6.45) is 1.71. The van der Waals surface area contributed by atoms with Gasteiger partial charge in [-0.05, 0) is 52.4 Å². The van der Waals surface area contributed by atoms with Crippen molar-refractivity contribution in [3.63, 3.8) is 0 Å². The van der Waals surface area contributed by atoms with Crippen LogP contribution < -0.4 is 0 Å². The Morgan fingerprint density at radius 1 is 0.750 bits per heavy atom. The molecule has 0 atom stereocenters. The minimum absolute atomic E-state index is 0.246. The van der Waals surface area contributed by atoms with E-state index in [1.807, 2.05) is 27.7 Å². The Labute approximate surface area is 155 Å². The molecule has 24 heavy (non-hydrogen) atoms. The van der Waals surface area contributed by atoms with E-state index in [0.29, 0.717) is 25.0 Å². The quantitative estimate of drug-likeness (QED) is 0.368. The SMILES string of the molecule is CC(C)CCOC(=O)C(C)(C)SSC(C)(C)C(=O)OCCC(C)C. The number of rotatable bonds is 11. The summed E-state index contributed by atoms with van der Waals surface area (Å²) in [4.78, 5) is 24.4. The zero-order valence-corrected chi connectivity index (χ0v) is 18.1. The lowest BCUT2D eigenvalue weighted by atomic mass is 10.1. The molecule has 0 fully saturated rings. The first kappa shape index (κ1) is 23.6. The molecule has 0 unspecified atom stereocenters. The third-order valence-electron chi connectivity index (χ3n) is 3.30. The number of ether oxygens (including phenoxy) is 2. The largest absolute Gasteiger partial charge is 0.465 e. The van der Waals surface area contributed by atoms with Crippen LogP contribution in [0.25, 0.3) is 0 Å². The van der Waals surface area contributed by atoms with Crippen LogP contribution in [0.15, 0.2) is 0 Å². The first-order valence-corrected chi connectivity index (χ1v) is 10.7. The van der Waals surface area contributed by atoms with Gasteiger partial charge in [-0.25, -0.2) is 0 Å². The summed E-state index contributed by atoms with van der Waals surface area (Å²) in [6, 6.07) is 0. The Morgan fingerprint density at radius 3 is 1.29 bits per heavy atom. The number of esters is 2. The second-order valence-electron chi connectivity index (χ2n) is 7.82. The van der Waals surface area contributed by atoms with E-state index < -0.39 is 9.49 Å². The van der Waals surface area contributed by atoms with Gasteiger partial charge < -0.3 is 9.47 Å². The van der Waals surface area contributed by atoms with Gasteiger partial charge in [0.2, 0.25) is 0 Å². The van der Waals surface area contributed by atoms with Gasteiger partial charge in [0.05, 0.1) is 13.2 Å². The molecular formula is C18H34O4S2. The number of carbonyl (C=O) groups excluding carboxylic acids is 2. The van der Waals surface area contributed by atoms with Crippen molar-refractivity contribution in [1.82, 2.24) is 0 Å². The minimum atomic E-state index is -0.711. The summed E-state index contributed by atoms with van der Waals surface area (Å²) in [5.74, 6) is 0.513. The molecule has 0 saturated carbocycles. The molecule has 0 N–H and O–H groups in total. The summed E-state index contributed by atoms with van der Waals surface area (Å²) in [6.45, 7) is 16.5. The maximum atomic E-state index is 12.2. The first-order chi connectivity index (χ1) is 10.9. The van der Waals surface area contributed by atoms with E-state index in [1.54, 1.807) is 0 Å². The van der Waals surface area contributed by atoms with E-state index in [2.05, 4.69) is 27.7 Å². The van der Waals surface area contributed by atoms with E-state index in [1.165, 1.54) is 21.6 Å². The van der Waals surface area contributed by atoms with Gasteiger partial charge in [-0.2, -0.15) is 0 Å². The molecule has 4 nitrogen and oxygen atoms in total. The van der Waals surface area contributed by atoms with Gasteiger partial charge in [0.25, 0.3) is 0 Å². The van der Waals surface area contributed by atoms with Crippen LogP contribution in [0, 0.1) is 11.8 Å². The molecule has 0 aromatic rings. The number of carbonyl (C=O) groups is 2. The summed E-state index contributed by atoms with van der Waals surface area (Å²) >= 11 is 0. The van der Waals surface area contributed by atoms with Crippen LogP contribution in [0.3, 0.4) is 0 Å². The molecule has 0 bridgehead atoms. The highest BCUT2D eigenvalue weighted by atomic mass is 33.1. The Morgan fingerprint density at radius 2 is 1.04 bits per heavy atom. The lowest BCUT2D eigenvalue weighted by Gasteiger charge is -2.27. The summed E-state index contributed by atoms with van der Waals surface area (Å²) in [7, 11) is 2.72. The fourth-order valence-electron chi connectivity index (χ4n) is 1.40. The lowest BCUT2D eigenvalue weighted by Crippen LogP contribution is -2.33. The fraction of sp³-hybridized carbons (Fsp3) is 0.889. The van der Waals surface area contributed by atoms with Gasteiger partial charge in [0.1, 0.15) is 9.49 Å². The molecule has 142 valence electrons. The molecule has 0 aromatic carbocycles. The molecular weight excluding hydrogens is 344 g/mol. The molecule has 0 saturated heterocycles. The topological polar surface area (TPSA) is 52.6 Å². The summed E-state index contributed by atoms with van der Waals surface area (Å²) in [5.41, 5.74) is 0. The molecule has 0 spiro atoms. The highest BCUT2D eigenvalue weighted by Crippen LogP contribution is 2.44. The third-order valence-corrected chi connectivity index (χ3v) is 7.30. The maximum Gasteiger partial charge on any atom is 0.322 e. The third kappa shape index (κ3) is 9.82. The zero-order chi connectivity index (χ0) is 19.0. The normalized spacial score (nSPS) is 12.6. The van der Waals surface area contributed by atoms with Crippen molar-refractivity contribution in [1.29, 1.82) is 0 Å². The van der Waals surface area contributed by atoms with E-state index in [-0.39, 0.29) is 11.9 Å². The molecule has 0 aromatic heterocycles. The molecule has 0 aliphatic rings. The monoisotopic (exact) mass is 378 g/mol. The highest BCUT2D eigenvalue weighted by molar-refractivity contribution is 8.78. The van der Waals surface area contributed by atoms with E-state index in [9.17, 15) is 9.59 Å².